The van der Waals surface area contributed by atoms with E-state index in [2.05, 4.69) is 16.7 Å². The molecule has 0 spiro atoms. The van der Waals surface area contributed by atoms with Crippen molar-refractivity contribution in [1.29, 1.82) is 0 Å². The number of halogens is 1. The van der Waals surface area contributed by atoms with Gasteiger partial charge in [0.25, 0.3) is 0 Å². The number of methoxy groups -OCH3 is 1. The number of benzene rings is 1. The van der Waals surface area contributed by atoms with Crippen molar-refractivity contribution in [3.05, 3.63) is 23.2 Å². The third kappa shape index (κ3) is 2.49. The third-order valence-electron chi connectivity index (χ3n) is 4.71. The quantitative estimate of drug-likeness (QED) is 0.850. The van der Waals surface area contributed by atoms with Crippen molar-refractivity contribution in [3.63, 3.8) is 0 Å². The first-order valence-electron chi connectivity index (χ1n) is 7.57. The molecule has 20 heavy (non-hydrogen) atoms. The topological polar surface area (TPSA) is 15.7 Å². The molecule has 3 nitrogen and oxygen atoms in total. The van der Waals surface area contributed by atoms with Gasteiger partial charge < -0.3 is 9.64 Å². The van der Waals surface area contributed by atoms with Gasteiger partial charge in [-0.2, -0.15) is 0 Å². The SMILES string of the molecule is CCC1CN2CCCC2CN1c1cc(Cl)ccc1OC. The normalized spacial score (nSPS) is 26.6. The summed E-state index contributed by atoms with van der Waals surface area (Å²) in [6.45, 7) is 5.79. The number of nitrogens with zero attached hydrogens (tertiary/aromatic N) is 2. The Morgan fingerprint density at radius 1 is 1.35 bits per heavy atom. The molecule has 0 radical (unpaired) electrons. The van der Waals surface area contributed by atoms with Crippen molar-refractivity contribution in [2.24, 2.45) is 0 Å². The Morgan fingerprint density at radius 2 is 2.20 bits per heavy atom. The standard InChI is InChI=1S/C16H23ClN2O/c1-3-13-10-18-8-4-5-14(18)11-19(13)15-9-12(17)6-7-16(15)20-2/h6-7,9,13-14H,3-5,8,10-11H2,1-2H3. The maximum absolute atomic E-state index is 6.20. The van der Waals surface area contributed by atoms with E-state index in [0.717, 1.165) is 36.0 Å². The number of fused-ring (bicyclic) bond motifs is 1. The first-order chi connectivity index (χ1) is 9.72. The van der Waals surface area contributed by atoms with Crippen molar-refractivity contribution in [3.8, 4) is 5.75 Å². The number of anilines is 1. The van der Waals surface area contributed by atoms with Crippen molar-refractivity contribution >= 4 is 17.3 Å². The summed E-state index contributed by atoms with van der Waals surface area (Å²) in [6, 6.07) is 7.17. The van der Waals surface area contributed by atoms with Crippen molar-refractivity contribution in [2.45, 2.75) is 38.3 Å². The fourth-order valence-electron chi connectivity index (χ4n) is 3.62. The van der Waals surface area contributed by atoms with Crippen LogP contribution in [0.5, 0.6) is 5.75 Å². The Bertz CT molecular complexity index is 480. The Morgan fingerprint density at radius 3 is 2.95 bits per heavy atom. The number of hydrogen-bond acceptors (Lipinski definition) is 3. The highest BCUT2D eigenvalue weighted by atomic mass is 35.5. The van der Waals surface area contributed by atoms with E-state index in [0.29, 0.717) is 12.1 Å². The Labute approximate surface area is 126 Å². The number of hydrogen-bond donors (Lipinski definition) is 0. The molecular weight excluding hydrogens is 272 g/mol. The Balaban J connectivity index is 1.92. The largest absolute Gasteiger partial charge is 0.495 e. The van der Waals surface area contributed by atoms with E-state index in [9.17, 15) is 0 Å². The van der Waals surface area contributed by atoms with Gasteiger partial charge in [0.1, 0.15) is 5.75 Å². The lowest BCUT2D eigenvalue weighted by Crippen LogP contribution is -2.56. The van der Waals surface area contributed by atoms with Gasteiger partial charge in [-0.25, -0.2) is 0 Å². The van der Waals surface area contributed by atoms with E-state index in [1.165, 1.54) is 19.4 Å². The van der Waals surface area contributed by atoms with Crippen LogP contribution in [0.25, 0.3) is 0 Å². The van der Waals surface area contributed by atoms with Crippen LogP contribution in [0.15, 0.2) is 18.2 Å². The van der Waals surface area contributed by atoms with Crippen LogP contribution < -0.4 is 9.64 Å². The van der Waals surface area contributed by atoms with Gasteiger partial charge in [-0.05, 0) is 44.0 Å². The zero-order valence-corrected chi connectivity index (χ0v) is 13.1. The van der Waals surface area contributed by atoms with Crippen molar-refractivity contribution in [2.75, 3.05) is 31.6 Å². The molecule has 2 aliphatic heterocycles. The second kappa shape index (κ2) is 5.82. The molecule has 0 aromatic heterocycles. The first kappa shape index (κ1) is 14.0. The van der Waals surface area contributed by atoms with Gasteiger partial charge in [0.2, 0.25) is 0 Å². The van der Waals surface area contributed by atoms with E-state index >= 15 is 0 Å². The molecule has 0 bridgehead atoms. The molecule has 2 aliphatic rings. The molecule has 2 unspecified atom stereocenters. The van der Waals surface area contributed by atoms with E-state index in [4.69, 9.17) is 16.3 Å². The van der Waals surface area contributed by atoms with Crippen molar-refractivity contribution < 1.29 is 4.74 Å². The number of rotatable bonds is 3. The molecule has 0 amide bonds. The summed E-state index contributed by atoms with van der Waals surface area (Å²) in [7, 11) is 1.74. The third-order valence-corrected chi connectivity index (χ3v) is 4.95. The predicted molar refractivity (Wildman–Crippen MR) is 84.0 cm³/mol. The van der Waals surface area contributed by atoms with Gasteiger partial charge in [-0.1, -0.05) is 18.5 Å². The minimum Gasteiger partial charge on any atom is -0.495 e. The second-order valence-corrected chi connectivity index (χ2v) is 6.26. The molecule has 2 saturated heterocycles. The van der Waals surface area contributed by atoms with Crippen LogP contribution in [0.1, 0.15) is 26.2 Å². The van der Waals surface area contributed by atoms with Gasteiger partial charge in [-0.15, -0.1) is 0 Å². The zero-order chi connectivity index (χ0) is 14.1. The van der Waals surface area contributed by atoms with Crippen LogP contribution in [0, 0.1) is 0 Å². The first-order valence-corrected chi connectivity index (χ1v) is 7.95. The summed E-state index contributed by atoms with van der Waals surface area (Å²) in [5.74, 6) is 0.930. The minimum atomic E-state index is 0.553. The molecule has 2 fully saturated rings. The van der Waals surface area contributed by atoms with E-state index in [-0.39, 0.29) is 0 Å². The molecular formula is C16H23ClN2O. The summed E-state index contributed by atoms with van der Waals surface area (Å²) >= 11 is 6.20. The number of ether oxygens (including phenoxy) is 1. The minimum absolute atomic E-state index is 0.553. The molecule has 2 atom stereocenters. The highest BCUT2D eigenvalue weighted by Crippen LogP contribution is 2.36. The van der Waals surface area contributed by atoms with Crippen LogP contribution in [-0.2, 0) is 0 Å². The molecule has 0 aliphatic carbocycles. The average molecular weight is 295 g/mol. The smallest absolute Gasteiger partial charge is 0.142 e. The monoisotopic (exact) mass is 294 g/mol. The maximum atomic E-state index is 6.20. The second-order valence-electron chi connectivity index (χ2n) is 5.82. The molecule has 1 aromatic carbocycles. The Hall–Kier alpha value is -0.930. The van der Waals surface area contributed by atoms with Gasteiger partial charge in [-0.3, -0.25) is 4.90 Å². The summed E-state index contributed by atoms with van der Waals surface area (Å²) in [5, 5.41) is 0.782. The molecule has 110 valence electrons. The highest BCUT2D eigenvalue weighted by molar-refractivity contribution is 6.30. The lowest BCUT2D eigenvalue weighted by atomic mass is 10.0. The summed E-state index contributed by atoms with van der Waals surface area (Å²) in [6.07, 6.45) is 3.80. The summed E-state index contributed by atoms with van der Waals surface area (Å²) in [5.41, 5.74) is 1.15. The number of piperazine rings is 1. The maximum Gasteiger partial charge on any atom is 0.142 e. The highest BCUT2D eigenvalue weighted by Gasteiger charge is 2.36. The van der Waals surface area contributed by atoms with Crippen LogP contribution >= 0.6 is 11.6 Å². The molecule has 3 rings (SSSR count). The van der Waals surface area contributed by atoms with Gasteiger partial charge in [0, 0.05) is 30.2 Å². The molecule has 1 aromatic rings. The zero-order valence-electron chi connectivity index (χ0n) is 12.3. The summed E-state index contributed by atoms with van der Waals surface area (Å²) < 4.78 is 5.54. The van der Waals surface area contributed by atoms with Crippen LogP contribution in [0.3, 0.4) is 0 Å². The lowest BCUT2D eigenvalue weighted by molar-refractivity contribution is 0.194. The fourth-order valence-corrected chi connectivity index (χ4v) is 3.79. The van der Waals surface area contributed by atoms with Gasteiger partial charge in [0.15, 0.2) is 0 Å². The van der Waals surface area contributed by atoms with Gasteiger partial charge >= 0.3 is 0 Å². The van der Waals surface area contributed by atoms with E-state index < -0.39 is 0 Å². The predicted octanol–water partition coefficient (Wildman–Crippen LogP) is 3.41. The van der Waals surface area contributed by atoms with Crippen LogP contribution in [0.2, 0.25) is 5.02 Å². The molecule has 2 heterocycles. The molecule has 0 saturated carbocycles. The molecule has 4 heteroatoms. The fraction of sp³-hybridized carbons (Fsp3) is 0.625. The Kier molecular flexibility index (Phi) is 4.08. The van der Waals surface area contributed by atoms with Crippen molar-refractivity contribution in [1.82, 2.24) is 4.90 Å². The van der Waals surface area contributed by atoms with Crippen LogP contribution in [0.4, 0.5) is 5.69 Å². The van der Waals surface area contributed by atoms with Gasteiger partial charge in [0.05, 0.1) is 12.8 Å². The lowest BCUT2D eigenvalue weighted by Gasteiger charge is -2.45. The van der Waals surface area contributed by atoms with E-state index in [1.807, 2.05) is 18.2 Å². The van der Waals surface area contributed by atoms with E-state index in [1.54, 1.807) is 7.11 Å². The summed E-state index contributed by atoms with van der Waals surface area (Å²) in [4.78, 5) is 5.17. The molecule has 0 N–H and O–H groups in total. The van der Waals surface area contributed by atoms with Crippen LogP contribution in [-0.4, -0.2) is 43.7 Å². The average Bonchev–Trinajstić information content (AvgIpc) is 2.93.